The van der Waals surface area contributed by atoms with Crippen LogP contribution in [-0.4, -0.2) is 33.6 Å². The van der Waals surface area contributed by atoms with Crippen molar-refractivity contribution in [2.75, 3.05) is 6.61 Å². The standard InChI is InChI=1S/C25H15Br2N3O5/c26-17-9-14(10-18(27)23(17)34-13-22(31)32)12-28-30-24(21-11-15-5-1-4-8-20(15)35-21)29-19-7-3-2-6-16(19)25(30)33/h1-12H,13H2,(H,31,32). The van der Waals surface area contributed by atoms with Crippen LogP contribution in [0, 0.1) is 0 Å². The highest BCUT2D eigenvalue weighted by molar-refractivity contribution is 9.11. The average Bonchev–Trinajstić information content (AvgIpc) is 3.27. The molecule has 35 heavy (non-hydrogen) atoms. The Labute approximate surface area is 214 Å². The molecule has 0 aliphatic heterocycles. The predicted octanol–water partition coefficient (Wildman–Crippen LogP) is 5.68. The Morgan fingerprint density at radius 2 is 1.80 bits per heavy atom. The molecule has 2 aromatic heterocycles. The van der Waals surface area contributed by atoms with Crippen LogP contribution in [0.2, 0.25) is 0 Å². The van der Waals surface area contributed by atoms with Crippen LogP contribution in [0.25, 0.3) is 33.5 Å². The molecule has 8 nitrogen and oxygen atoms in total. The van der Waals surface area contributed by atoms with Gasteiger partial charge in [0.05, 0.1) is 26.1 Å². The highest BCUT2D eigenvalue weighted by atomic mass is 79.9. The van der Waals surface area contributed by atoms with Crippen molar-refractivity contribution in [1.29, 1.82) is 0 Å². The van der Waals surface area contributed by atoms with E-state index in [1.165, 1.54) is 10.9 Å². The summed E-state index contributed by atoms with van der Waals surface area (Å²) in [5.74, 6) is -0.0699. The van der Waals surface area contributed by atoms with E-state index in [0.717, 1.165) is 5.39 Å². The van der Waals surface area contributed by atoms with Crippen molar-refractivity contribution < 1.29 is 19.1 Å². The number of rotatable bonds is 6. The number of carboxylic acids is 1. The van der Waals surface area contributed by atoms with Crippen molar-refractivity contribution in [2.45, 2.75) is 0 Å². The molecule has 5 rings (SSSR count). The fraction of sp³-hybridized carbons (Fsp3) is 0.0400. The second-order valence-corrected chi connectivity index (χ2v) is 9.17. The summed E-state index contributed by atoms with van der Waals surface area (Å²) in [7, 11) is 0. The van der Waals surface area contributed by atoms with Gasteiger partial charge in [0.15, 0.2) is 12.4 Å². The average molecular weight is 597 g/mol. The zero-order chi connectivity index (χ0) is 24.5. The lowest BCUT2D eigenvalue weighted by Crippen LogP contribution is -2.20. The zero-order valence-electron chi connectivity index (χ0n) is 17.8. The lowest BCUT2D eigenvalue weighted by molar-refractivity contribution is -0.139. The minimum Gasteiger partial charge on any atom is -0.480 e. The van der Waals surface area contributed by atoms with Crippen LogP contribution in [0.1, 0.15) is 5.56 Å². The van der Waals surface area contributed by atoms with Gasteiger partial charge >= 0.3 is 5.97 Å². The van der Waals surface area contributed by atoms with Crippen LogP contribution >= 0.6 is 31.9 Å². The Bertz CT molecular complexity index is 1630. The Hall–Kier alpha value is -3.76. The van der Waals surface area contributed by atoms with E-state index in [4.69, 9.17) is 14.3 Å². The van der Waals surface area contributed by atoms with E-state index in [1.54, 1.807) is 30.3 Å². The van der Waals surface area contributed by atoms with E-state index >= 15 is 0 Å². The van der Waals surface area contributed by atoms with Crippen LogP contribution in [0.5, 0.6) is 5.75 Å². The number of fused-ring (bicyclic) bond motifs is 2. The number of hydrogen-bond acceptors (Lipinski definition) is 6. The van der Waals surface area contributed by atoms with E-state index in [2.05, 4.69) is 41.9 Å². The second kappa shape index (κ2) is 9.47. The van der Waals surface area contributed by atoms with Gasteiger partial charge in [0.2, 0.25) is 5.82 Å². The number of ether oxygens (including phenoxy) is 1. The molecule has 0 fully saturated rings. The van der Waals surface area contributed by atoms with Crippen LogP contribution < -0.4 is 10.3 Å². The molecule has 0 radical (unpaired) electrons. The number of carbonyl (C=O) groups is 1. The van der Waals surface area contributed by atoms with Gasteiger partial charge < -0.3 is 14.3 Å². The quantitative estimate of drug-likeness (QED) is 0.253. The summed E-state index contributed by atoms with van der Waals surface area (Å²) in [6, 6.07) is 19.8. The van der Waals surface area contributed by atoms with Crippen LogP contribution in [0.4, 0.5) is 0 Å². The SMILES string of the molecule is O=C(O)COc1c(Br)cc(C=Nn2c(-c3cc4ccccc4o3)nc3ccccc3c2=O)cc1Br. The molecule has 174 valence electrons. The molecule has 0 spiro atoms. The van der Waals surface area contributed by atoms with Gasteiger partial charge in [-0.3, -0.25) is 4.79 Å². The van der Waals surface area contributed by atoms with Crippen molar-refractivity contribution in [1.82, 2.24) is 9.66 Å². The van der Waals surface area contributed by atoms with Crippen molar-refractivity contribution in [3.05, 3.63) is 91.6 Å². The van der Waals surface area contributed by atoms with E-state index in [1.807, 2.05) is 36.4 Å². The van der Waals surface area contributed by atoms with E-state index in [-0.39, 0.29) is 11.4 Å². The minimum atomic E-state index is -1.09. The van der Waals surface area contributed by atoms with Gasteiger partial charge in [0.1, 0.15) is 11.3 Å². The van der Waals surface area contributed by atoms with E-state index < -0.39 is 12.6 Å². The van der Waals surface area contributed by atoms with Gasteiger partial charge in [0.25, 0.3) is 5.56 Å². The summed E-state index contributed by atoms with van der Waals surface area (Å²) in [5, 5.41) is 14.6. The first kappa shape index (κ1) is 23.0. The lowest BCUT2D eigenvalue weighted by atomic mass is 10.2. The zero-order valence-corrected chi connectivity index (χ0v) is 21.0. The number of halogens is 2. The first-order valence-corrected chi connectivity index (χ1v) is 11.9. The molecule has 0 atom stereocenters. The van der Waals surface area contributed by atoms with Crippen LogP contribution in [-0.2, 0) is 4.79 Å². The Kier molecular flexibility index (Phi) is 6.23. The third kappa shape index (κ3) is 4.62. The van der Waals surface area contributed by atoms with Gasteiger partial charge in [-0.15, -0.1) is 0 Å². The molecule has 2 heterocycles. The van der Waals surface area contributed by atoms with Gasteiger partial charge in [-0.2, -0.15) is 9.78 Å². The van der Waals surface area contributed by atoms with Gasteiger partial charge in [-0.1, -0.05) is 30.3 Å². The molecule has 0 unspecified atom stereocenters. The maximum Gasteiger partial charge on any atom is 0.341 e. The molecule has 5 aromatic rings. The number of para-hydroxylation sites is 2. The van der Waals surface area contributed by atoms with Crippen LogP contribution in [0.3, 0.4) is 0 Å². The monoisotopic (exact) mass is 595 g/mol. The molecule has 0 aliphatic rings. The number of carboxylic acid groups (broad SMARTS) is 1. The highest BCUT2D eigenvalue weighted by Gasteiger charge is 2.16. The number of benzene rings is 3. The Morgan fingerprint density at radius 3 is 2.54 bits per heavy atom. The van der Waals surface area contributed by atoms with Gasteiger partial charge in [-0.25, -0.2) is 9.78 Å². The highest BCUT2D eigenvalue weighted by Crippen LogP contribution is 2.34. The molecule has 3 aromatic carbocycles. The first-order chi connectivity index (χ1) is 16.9. The van der Waals surface area contributed by atoms with Crippen molar-refractivity contribution in [2.24, 2.45) is 5.10 Å². The summed E-state index contributed by atoms with van der Waals surface area (Å²) >= 11 is 6.77. The largest absolute Gasteiger partial charge is 0.480 e. The third-order valence-corrected chi connectivity index (χ3v) is 6.26. The van der Waals surface area contributed by atoms with Crippen molar-refractivity contribution >= 4 is 65.9 Å². The first-order valence-electron chi connectivity index (χ1n) is 10.3. The third-order valence-electron chi connectivity index (χ3n) is 5.08. The second-order valence-electron chi connectivity index (χ2n) is 7.46. The maximum absolute atomic E-state index is 13.4. The van der Waals surface area contributed by atoms with Gasteiger partial charge in [-0.05, 0) is 73.8 Å². The summed E-state index contributed by atoms with van der Waals surface area (Å²) < 4.78 is 13.5. The molecule has 0 amide bonds. The fourth-order valence-corrected chi connectivity index (χ4v) is 4.98. The fourth-order valence-electron chi connectivity index (χ4n) is 3.53. The number of aromatic nitrogens is 2. The Balaban J connectivity index is 1.62. The number of hydrogen-bond donors (Lipinski definition) is 1. The summed E-state index contributed by atoms with van der Waals surface area (Å²) in [4.78, 5) is 28.9. The van der Waals surface area contributed by atoms with Crippen molar-refractivity contribution in [3.63, 3.8) is 0 Å². The number of furan rings is 1. The molecule has 0 aliphatic carbocycles. The summed E-state index contributed by atoms with van der Waals surface area (Å²) in [6.45, 7) is -0.482. The maximum atomic E-state index is 13.4. The predicted molar refractivity (Wildman–Crippen MR) is 139 cm³/mol. The van der Waals surface area contributed by atoms with E-state index in [9.17, 15) is 9.59 Å². The summed E-state index contributed by atoms with van der Waals surface area (Å²) in [6.07, 6.45) is 1.50. The molecular formula is C25H15Br2N3O5. The molecule has 0 bridgehead atoms. The molecular weight excluding hydrogens is 582 g/mol. The Morgan fingerprint density at radius 1 is 1.09 bits per heavy atom. The van der Waals surface area contributed by atoms with Crippen molar-refractivity contribution in [3.8, 4) is 17.3 Å². The molecule has 0 saturated heterocycles. The normalized spacial score (nSPS) is 11.5. The minimum absolute atomic E-state index is 0.265. The smallest absolute Gasteiger partial charge is 0.341 e. The van der Waals surface area contributed by atoms with Crippen LogP contribution in [0.15, 0.2) is 90.0 Å². The van der Waals surface area contributed by atoms with Gasteiger partial charge in [0, 0.05) is 5.39 Å². The molecule has 1 N–H and O–H groups in total. The van der Waals surface area contributed by atoms with E-state index in [0.29, 0.717) is 42.5 Å². The summed E-state index contributed by atoms with van der Waals surface area (Å²) in [5.41, 5.74) is 1.49. The topological polar surface area (TPSA) is 107 Å². The molecule has 0 saturated carbocycles. The number of nitrogens with zero attached hydrogens (tertiary/aromatic N) is 3. The molecule has 10 heteroatoms. The lowest BCUT2D eigenvalue weighted by Gasteiger charge is -2.10. The number of aliphatic carboxylic acids is 1.